The van der Waals surface area contributed by atoms with E-state index in [4.69, 9.17) is 0 Å². The lowest BCUT2D eigenvalue weighted by Crippen LogP contribution is -2.59. The van der Waals surface area contributed by atoms with E-state index >= 15 is 0 Å². The Morgan fingerprint density at radius 2 is 1.44 bits per heavy atom. The molecule has 0 fully saturated rings. The number of rotatable bonds is 8. The smallest absolute Gasteiger partial charge is 0.0308 e. The van der Waals surface area contributed by atoms with Gasteiger partial charge in [-0.1, -0.05) is 40.5 Å². The van der Waals surface area contributed by atoms with Crippen molar-refractivity contribution >= 4 is 0 Å². The van der Waals surface area contributed by atoms with E-state index in [0.29, 0.717) is 6.04 Å². The lowest BCUT2D eigenvalue weighted by Gasteiger charge is -2.46. The van der Waals surface area contributed by atoms with E-state index in [9.17, 15) is 0 Å². The van der Waals surface area contributed by atoms with Crippen molar-refractivity contribution in [1.29, 1.82) is 0 Å². The second-order valence-corrected chi connectivity index (χ2v) is 5.17. The molecule has 0 amide bonds. The third-order valence-electron chi connectivity index (χ3n) is 4.17. The first-order valence-electron chi connectivity index (χ1n) is 6.91. The molecule has 0 bridgehead atoms. The Hall–Kier alpha value is -0.0800. The standard InChI is InChI=1S/C14H32N2/c1-8-12(9-2)13(15-7)14(5,6)16(10-3)11-4/h12-13,15H,8-11H2,1-7H3. The molecule has 0 spiro atoms. The fourth-order valence-electron chi connectivity index (χ4n) is 3.16. The molecule has 0 aliphatic carbocycles. The molecule has 1 unspecified atom stereocenters. The normalized spacial score (nSPS) is 14.8. The van der Waals surface area contributed by atoms with E-state index in [2.05, 4.69) is 58.8 Å². The maximum Gasteiger partial charge on any atom is 0.0308 e. The summed E-state index contributed by atoms with van der Waals surface area (Å²) >= 11 is 0. The second-order valence-electron chi connectivity index (χ2n) is 5.17. The highest BCUT2D eigenvalue weighted by Gasteiger charge is 2.36. The van der Waals surface area contributed by atoms with Gasteiger partial charge >= 0.3 is 0 Å². The predicted octanol–water partition coefficient (Wildman–Crippen LogP) is 3.13. The molecule has 1 N–H and O–H groups in total. The first-order chi connectivity index (χ1) is 7.49. The number of hydrogen-bond donors (Lipinski definition) is 1. The van der Waals surface area contributed by atoms with Gasteiger partial charge in [0.05, 0.1) is 0 Å². The molecule has 0 saturated heterocycles. The van der Waals surface area contributed by atoms with Gasteiger partial charge in [-0.2, -0.15) is 0 Å². The van der Waals surface area contributed by atoms with Crippen molar-refractivity contribution in [3.05, 3.63) is 0 Å². The third-order valence-corrected chi connectivity index (χ3v) is 4.17. The highest BCUT2D eigenvalue weighted by Crippen LogP contribution is 2.27. The summed E-state index contributed by atoms with van der Waals surface area (Å²) in [5.74, 6) is 0.764. The van der Waals surface area contributed by atoms with E-state index in [0.717, 1.165) is 19.0 Å². The molecule has 0 aromatic carbocycles. The van der Waals surface area contributed by atoms with Crippen LogP contribution in [0.15, 0.2) is 0 Å². The number of nitrogens with one attached hydrogen (secondary N) is 1. The zero-order valence-electron chi connectivity index (χ0n) is 12.4. The molecule has 0 saturated carbocycles. The predicted molar refractivity (Wildman–Crippen MR) is 73.9 cm³/mol. The Bertz CT molecular complexity index is 170. The van der Waals surface area contributed by atoms with Crippen LogP contribution in [-0.2, 0) is 0 Å². The zero-order valence-corrected chi connectivity index (χ0v) is 12.4. The Morgan fingerprint density at radius 3 is 1.69 bits per heavy atom. The number of nitrogens with zero attached hydrogens (tertiary/aromatic N) is 1. The molecule has 0 aliphatic heterocycles. The maximum absolute atomic E-state index is 3.55. The summed E-state index contributed by atoms with van der Waals surface area (Å²) in [5.41, 5.74) is 0.231. The van der Waals surface area contributed by atoms with Crippen LogP contribution < -0.4 is 5.32 Å². The van der Waals surface area contributed by atoms with Crippen LogP contribution in [0, 0.1) is 5.92 Å². The van der Waals surface area contributed by atoms with Crippen LogP contribution in [0.5, 0.6) is 0 Å². The fraction of sp³-hybridized carbons (Fsp3) is 1.00. The highest BCUT2D eigenvalue weighted by atomic mass is 15.2. The summed E-state index contributed by atoms with van der Waals surface area (Å²) in [6.45, 7) is 16.1. The molecule has 0 heterocycles. The van der Waals surface area contributed by atoms with Crippen molar-refractivity contribution in [2.75, 3.05) is 20.1 Å². The van der Waals surface area contributed by atoms with E-state index < -0.39 is 0 Å². The van der Waals surface area contributed by atoms with Gasteiger partial charge in [-0.05, 0) is 39.9 Å². The van der Waals surface area contributed by atoms with Crippen LogP contribution in [-0.4, -0.2) is 36.6 Å². The lowest BCUT2D eigenvalue weighted by molar-refractivity contribution is 0.0659. The van der Waals surface area contributed by atoms with E-state index in [1.165, 1.54) is 12.8 Å². The van der Waals surface area contributed by atoms with Gasteiger partial charge in [0.1, 0.15) is 0 Å². The minimum absolute atomic E-state index is 0.231. The summed E-state index contributed by atoms with van der Waals surface area (Å²) in [6.07, 6.45) is 2.51. The second kappa shape index (κ2) is 7.29. The van der Waals surface area contributed by atoms with Gasteiger partial charge in [0.2, 0.25) is 0 Å². The lowest BCUT2D eigenvalue weighted by atomic mass is 9.80. The Labute approximate surface area is 103 Å². The molecule has 1 atom stereocenters. The zero-order chi connectivity index (χ0) is 12.8. The van der Waals surface area contributed by atoms with Gasteiger partial charge in [0, 0.05) is 11.6 Å². The minimum atomic E-state index is 0.231. The van der Waals surface area contributed by atoms with Gasteiger partial charge in [-0.15, -0.1) is 0 Å². The Balaban J connectivity index is 4.89. The van der Waals surface area contributed by atoms with Gasteiger partial charge in [0.25, 0.3) is 0 Å². The average Bonchev–Trinajstić information content (AvgIpc) is 2.26. The van der Waals surface area contributed by atoms with E-state index in [1.54, 1.807) is 0 Å². The van der Waals surface area contributed by atoms with Gasteiger partial charge in [-0.3, -0.25) is 4.90 Å². The number of likely N-dealkylation sites (N-methyl/N-ethyl adjacent to an activating group) is 2. The van der Waals surface area contributed by atoms with Gasteiger partial charge in [0.15, 0.2) is 0 Å². The molecule has 0 aliphatic rings. The first kappa shape index (κ1) is 15.9. The summed E-state index contributed by atoms with van der Waals surface area (Å²) < 4.78 is 0. The van der Waals surface area contributed by atoms with Crippen LogP contribution in [0.1, 0.15) is 54.4 Å². The monoisotopic (exact) mass is 228 g/mol. The molecular formula is C14H32N2. The van der Waals surface area contributed by atoms with Crippen LogP contribution in [0.2, 0.25) is 0 Å². The molecule has 0 aromatic heterocycles. The Morgan fingerprint density at radius 1 is 1.00 bits per heavy atom. The van der Waals surface area contributed by atoms with Crippen LogP contribution in [0.3, 0.4) is 0 Å². The molecule has 98 valence electrons. The van der Waals surface area contributed by atoms with Crippen molar-refractivity contribution in [3.63, 3.8) is 0 Å². The summed E-state index contributed by atoms with van der Waals surface area (Å²) in [4.78, 5) is 2.56. The SMILES string of the molecule is CCC(CC)C(NC)C(C)(C)N(CC)CC. The van der Waals surface area contributed by atoms with Crippen molar-refractivity contribution in [1.82, 2.24) is 10.2 Å². The fourth-order valence-corrected chi connectivity index (χ4v) is 3.16. The molecule has 0 radical (unpaired) electrons. The van der Waals surface area contributed by atoms with Crippen LogP contribution in [0.25, 0.3) is 0 Å². The molecule has 0 aromatic rings. The van der Waals surface area contributed by atoms with Crippen molar-refractivity contribution < 1.29 is 0 Å². The van der Waals surface area contributed by atoms with Crippen molar-refractivity contribution in [2.24, 2.45) is 5.92 Å². The van der Waals surface area contributed by atoms with Crippen molar-refractivity contribution in [3.8, 4) is 0 Å². The summed E-state index contributed by atoms with van der Waals surface area (Å²) in [5, 5.41) is 3.55. The summed E-state index contributed by atoms with van der Waals surface area (Å²) in [6, 6.07) is 0.572. The topological polar surface area (TPSA) is 15.3 Å². The molecule has 16 heavy (non-hydrogen) atoms. The molecule has 2 nitrogen and oxygen atoms in total. The highest BCUT2D eigenvalue weighted by molar-refractivity contribution is 4.95. The Kier molecular flexibility index (Phi) is 7.25. The van der Waals surface area contributed by atoms with E-state index in [-0.39, 0.29) is 5.54 Å². The quantitative estimate of drug-likeness (QED) is 0.686. The molecule has 0 rings (SSSR count). The van der Waals surface area contributed by atoms with Gasteiger partial charge in [-0.25, -0.2) is 0 Å². The average molecular weight is 228 g/mol. The van der Waals surface area contributed by atoms with Gasteiger partial charge < -0.3 is 5.32 Å². The van der Waals surface area contributed by atoms with Crippen LogP contribution >= 0.6 is 0 Å². The first-order valence-corrected chi connectivity index (χ1v) is 6.91. The third kappa shape index (κ3) is 3.46. The largest absolute Gasteiger partial charge is 0.315 e. The number of hydrogen-bond acceptors (Lipinski definition) is 2. The molecular weight excluding hydrogens is 196 g/mol. The maximum atomic E-state index is 3.55. The van der Waals surface area contributed by atoms with E-state index in [1.807, 2.05) is 0 Å². The molecule has 2 heteroatoms. The summed E-state index contributed by atoms with van der Waals surface area (Å²) in [7, 11) is 2.11. The minimum Gasteiger partial charge on any atom is -0.315 e. The van der Waals surface area contributed by atoms with Crippen LogP contribution in [0.4, 0.5) is 0 Å². The van der Waals surface area contributed by atoms with Crippen molar-refractivity contribution in [2.45, 2.75) is 66.0 Å².